The molecule has 1 aromatic heterocycles. The number of hydrogen-bond acceptors (Lipinski definition) is 5. The number of ether oxygens (including phenoxy) is 2. The third-order valence-electron chi connectivity index (χ3n) is 3.20. The Balaban J connectivity index is 1.87. The number of furan rings is 1. The summed E-state index contributed by atoms with van der Waals surface area (Å²) in [6.45, 7) is 3.53. The standard InChI is InChI=1S/C17H14O5/c1-3-16(18)21-12-6-7-13-14(8-12)22-15(17(13)19)9-11-5-4-10(2)20-11/h4-9H,3H2,1-2H3. The molecule has 0 atom stereocenters. The maximum Gasteiger partial charge on any atom is 0.310 e. The number of aryl methyl sites for hydroxylation is 1. The number of hydrogen-bond donors (Lipinski definition) is 0. The highest BCUT2D eigenvalue weighted by Gasteiger charge is 2.28. The summed E-state index contributed by atoms with van der Waals surface area (Å²) in [5, 5.41) is 0. The van der Waals surface area contributed by atoms with Gasteiger partial charge in [-0.25, -0.2) is 0 Å². The van der Waals surface area contributed by atoms with Crippen molar-refractivity contribution in [3.05, 3.63) is 53.2 Å². The van der Waals surface area contributed by atoms with Gasteiger partial charge in [-0.15, -0.1) is 0 Å². The number of allylic oxidation sites excluding steroid dienone is 1. The number of esters is 1. The summed E-state index contributed by atoms with van der Waals surface area (Å²) in [5.74, 6) is 1.65. The molecule has 1 aliphatic heterocycles. The second kappa shape index (κ2) is 5.52. The van der Waals surface area contributed by atoms with E-state index in [-0.39, 0.29) is 23.9 Å². The summed E-state index contributed by atoms with van der Waals surface area (Å²) in [6.07, 6.45) is 1.83. The highest BCUT2D eigenvalue weighted by atomic mass is 16.5. The van der Waals surface area contributed by atoms with Gasteiger partial charge in [0, 0.05) is 18.6 Å². The lowest BCUT2D eigenvalue weighted by molar-refractivity contribution is -0.134. The van der Waals surface area contributed by atoms with Gasteiger partial charge in [0.05, 0.1) is 5.56 Å². The molecule has 5 nitrogen and oxygen atoms in total. The van der Waals surface area contributed by atoms with Crippen molar-refractivity contribution in [3.8, 4) is 11.5 Å². The third kappa shape index (κ3) is 2.65. The van der Waals surface area contributed by atoms with Gasteiger partial charge in [0.25, 0.3) is 0 Å². The fourth-order valence-corrected chi connectivity index (χ4v) is 2.09. The van der Waals surface area contributed by atoms with Crippen LogP contribution >= 0.6 is 0 Å². The highest BCUT2D eigenvalue weighted by molar-refractivity contribution is 6.14. The molecule has 0 spiro atoms. The predicted octanol–water partition coefficient (Wildman–Crippen LogP) is 3.52. The zero-order chi connectivity index (χ0) is 15.7. The molecule has 0 radical (unpaired) electrons. The average Bonchev–Trinajstić information content (AvgIpc) is 3.03. The molecule has 112 valence electrons. The third-order valence-corrected chi connectivity index (χ3v) is 3.20. The summed E-state index contributed by atoms with van der Waals surface area (Å²) in [5.41, 5.74) is 0.436. The van der Waals surface area contributed by atoms with E-state index in [1.54, 1.807) is 37.3 Å². The molecular formula is C17H14O5. The Kier molecular flexibility index (Phi) is 3.55. The van der Waals surface area contributed by atoms with Crippen LogP contribution in [0.3, 0.4) is 0 Å². The molecule has 0 aliphatic carbocycles. The van der Waals surface area contributed by atoms with Crippen LogP contribution in [0.5, 0.6) is 11.5 Å². The van der Waals surface area contributed by atoms with Gasteiger partial charge in [-0.2, -0.15) is 0 Å². The largest absolute Gasteiger partial charge is 0.462 e. The SMILES string of the molecule is CCC(=O)Oc1ccc2c(c1)OC(=Cc1ccc(C)o1)C2=O. The molecule has 1 aliphatic rings. The minimum absolute atomic E-state index is 0.184. The molecule has 0 amide bonds. The first-order valence-electron chi connectivity index (χ1n) is 6.92. The number of ketones is 1. The highest BCUT2D eigenvalue weighted by Crippen LogP contribution is 2.35. The number of carbonyl (C=O) groups is 2. The van der Waals surface area contributed by atoms with Crippen molar-refractivity contribution in [1.82, 2.24) is 0 Å². The summed E-state index contributed by atoms with van der Waals surface area (Å²) < 4.78 is 16.1. The Hall–Kier alpha value is -2.82. The van der Waals surface area contributed by atoms with Gasteiger partial charge >= 0.3 is 5.97 Å². The van der Waals surface area contributed by atoms with E-state index >= 15 is 0 Å². The lowest BCUT2D eigenvalue weighted by Crippen LogP contribution is -2.05. The van der Waals surface area contributed by atoms with Crippen LogP contribution in [0.25, 0.3) is 6.08 Å². The van der Waals surface area contributed by atoms with Crippen molar-refractivity contribution in [3.63, 3.8) is 0 Å². The van der Waals surface area contributed by atoms with Crippen LogP contribution in [0.1, 0.15) is 35.2 Å². The Labute approximate surface area is 127 Å². The van der Waals surface area contributed by atoms with Gasteiger partial charge in [-0.1, -0.05) is 6.92 Å². The van der Waals surface area contributed by atoms with Crippen LogP contribution < -0.4 is 9.47 Å². The lowest BCUT2D eigenvalue weighted by Gasteiger charge is -2.03. The van der Waals surface area contributed by atoms with Crippen molar-refractivity contribution in [2.24, 2.45) is 0 Å². The zero-order valence-electron chi connectivity index (χ0n) is 12.2. The molecule has 3 rings (SSSR count). The van der Waals surface area contributed by atoms with Gasteiger partial charge < -0.3 is 13.9 Å². The van der Waals surface area contributed by atoms with Crippen molar-refractivity contribution in [2.75, 3.05) is 0 Å². The van der Waals surface area contributed by atoms with E-state index in [0.29, 0.717) is 22.8 Å². The van der Waals surface area contributed by atoms with Gasteiger partial charge in [0.1, 0.15) is 23.0 Å². The zero-order valence-corrected chi connectivity index (χ0v) is 12.2. The minimum atomic E-state index is -0.342. The van der Waals surface area contributed by atoms with Crippen LogP contribution in [0, 0.1) is 6.92 Å². The smallest absolute Gasteiger partial charge is 0.310 e. The molecule has 22 heavy (non-hydrogen) atoms. The predicted molar refractivity (Wildman–Crippen MR) is 78.7 cm³/mol. The van der Waals surface area contributed by atoms with Gasteiger partial charge in [0.2, 0.25) is 5.78 Å². The number of benzene rings is 1. The van der Waals surface area contributed by atoms with Crippen LogP contribution in [-0.4, -0.2) is 11.8 Å². The second-order valence-corrected chi connectivity index (χ2v) is 4.87. The summed E-state index contributed by atoms with van der Waals surface area (Å²) in [7, 11) is 0. The van der Waals surface area contributed by atoms with Crippen LogP contribution in [0.15, 0.2) is 40.5 Å². The molecule has 2 aromatic rings. The van der Waals surface area contributed by atoms with E-state index in [4.69, 9.17) is 13.9 Å². The van der Waals surface area contributed by atoms with Gasteiger partial charge in [0.15, 0.2) is 5.76 Å². The molecule has 0 saturated carbocycles. The molecule has 0 fully saturated rings. The Morgan fingerprint density at radius 1 is 1.27 bits per heavy atom. The van der Waals surface area contributed by atoms with Crippen LogP contribution in [0.4, 0.5) is 0 Å². The second-order valence-electron chi connectivity index (χ2n) is 4.87. The summed E-state index contributed by atoms with van der Waals surface area (Å²) >= 11 is 0. The van der Waals surface area contributed by atoms with E-state index in [1.165, 1.54) is 6.07 Å². The summed E-state index contributed by atoms with van der Waals surface area (Å²) in [4.78, 5) is 23.6. The number of rotatable bonds is 3. The molecule has 0 unspecified atom stereocenters. The first-order valence-corrected chi connectivity index (χ1v) is 6.92. The fraction of sp³-hybridized carbons (Fsp3) is 0.176. The number of fused-ring (bicyclic) bond motifs is 1. The monoisotopic (exact) mass is 298 g/mol. The van der Waals surface area contributed by atoms with Gasteiger partial charge in [-0.05, 0) is 31.2 Å². The van der Waals surface area contributed by atoms with E-state index in [1.807, 2.05) is 6.92 Å². The van der Waals surface area contributed by atoms with E-state index in [0.717, 1.165) is 5.76 Å². The average molecular weight is 298 g/mol. The first kappa shape index (κ1) is 14.1. The molecule has 2 heterocycles. The van der Waals surface area contributed by atoms with Gasteiger partial charge in [-0.3, -0.25) is 9.59 Å². The molecular weight excluding hydrogens is 284 g/mol. The normalized spacial score (nSPS) is 14.8. The maximum absolute atomic E-state index is 12.3. The van der Waals surface area contributed by atoms with E-state index in [2.05, 4.69) is 0 Å². The molecule has 0 saturated heterocycles. The van der Waals surface area contributed by atoms with Crippen molar-refractivity contribution in [1.29, 1.82) is 0 Å². The number of Topliss-reactive ketones (excluding diaryl/α,β-unsaturated/α-hetero) is 1. The molecule has 0 N–H and O–H groups in total. The van der Waals surface area contributed by atoms with Crippen molar-refractivity contribution < 1.29 is 23.5 Å². The topological polar surface area (TPSA) is 65.7 Å². The van der Waals surface area contributed by atoms with Crippen molar-refractivity contribution >= 4 is 17.8 Å². The molecule has 1 aromatic carbocycles. The first-order chi connectivity index (χ1) is 10.6. The van der Waals surface area contributed by atoms with E-state index in [9.17, 15) is 9.59 Å². The number of carbonyl (C=O) groups excluding carboxylic acids is 2. The van der Waals surface area contributed by atoms with Crippen molar-refractivity contribution in [2.45, 2.75) is 20.3 Å². The van der Waals surface area contributed by atoms with Crippen LogP contribution in [0.2, 0.25) is 0 Å². The summed E-state index contributed by atoms with van der Waals surface area (Å²) in [6, 6.07) is 8.27. The Morgan fingerprint density at radius 3 is 2.77 bits per heavy atom. The minimum Gasteiger partial charge on any atom is -0.462 e. The Bertz CT molecular complexity index is 782. The molecule has 5 heteroatoms. The van der Waals surface area contributed by atoms with E-state index < -0.39 is 0 Å². The Morgan fingerprint density at radius 2 is 2.09 bits per heavy atom. The maximum atomic E-state index is 12.3. The lowest BCUT2D eigenvalue weighted by atomic mass is 10.1. The quantitative estimate of drug-likeness (QED) is 0.493. The molecule has 0 bridgehead atoms. The van der Waals surface area contributed by atoms with Crippen LogP contribution in [-0.2, 0) is 4.79 Å². The fourth-order valence-electron chi connectivity index (χ4n) is 2.09.